The molecule has 12 atom stereocenters. The van der Waals surface area contributed by atoms with Crippen molar-refractivity contribution in [1.82, 2.24) is 83.7 Å². The van der Waals surface area contributed by atoms with Crippen molar-refractivity contribution < 1.29 is 87.5 Å². The summed E-state index contributed by atoms with van der Waals surface area (Å²) in [6.45, 7) is 1.25. The Labute approximate surface area is 667 Å². The minimum atomic E-state index is -1.79. The van der Waals surface area contributed by atoms with E-state index in [1.807, 2.05) is 0 Å². The van der Waals surface area contributed by atoms with Crippen LogP contribution in [-0.2, 0) is 92.8 Å². The Balaban J connectivity index is 1.25. The first-order valence-electron chi connectivity index (χ1n) is 37.6. The molecule has 3 heterocycles. The van der Waals surface area contributed by atoms with Crippen molar-refractivity contribution in [3.05, 3.63) is 120 Å². The number of carbonyl (C=O) groups excluding carboxylic acids is 13. The largest absolute Gasteiger partial charge is 0.508 e. The number of hydrogen-bond acceptors (Lipinski definition) is 22. The van der Waals surface area contributed by atoms with Gasteiger partial charge in [0.15, 0.2) is 5.96 Å². The fourth-order valence-electron chi connectivity index (χ4n) is 12.6. The number of amides is 13. The van der Waals surface area contributed by atoms with E-state index in [-0.39, 0.29) is 94.1 Å². The van der Waals surface area contributed by atoms with Crippen molar-refractivity contribution in [2.75, 3.05) is 51.4 Å². The summed E-state index contributed by atoms with van der Waals surface area (Å²) in [5.41, 5.74) is 25.0. The van der Waals surface area contributed by atoms with Gasteiger partial charge in [-0.2, -0.15) is 11.8 Å². The van der Waals surface area contributed by atoms with Gasteiger partial charge in [-0.15, -0.1) is 0 Å². The number of rotatable bonds is 49. The van der Waals surface area contributed by atoms with Crippen LogP contribution in [0.4, 0.5) is 0 Å². The molecular weight excluding hydrogens is 1520 g/mol. The average Bonchev–Trinajstić information content (AvgIpc) is 1.39. The van der Waals surface area contributed by atoms with Crippen LogP contribution in [0, 0.1) is 11.3 Å². The van der Waals surface area contributed by atoms with Crippen molar-refractivity contribution in [2.24, 2.45) is 28.9 Å². The molecule has 40 heteroatoms. The molecule has 0 aliphatic carbocycles. The molecule has 1 aliphatic heterocycles. The fourth-order valence-corrected chi connectivity index (χ4v) is 13.1. The van der Waals surface area contributed by atoms with Gasteiger partial charge in [0.25, 0.3) is 0 Å². The normalized spacial score (nSPS) is 15.4. The molecule has 27 N–H and O–H groups in total. The number of nitrogens with one attached hydrogen (secondary N) is 15. The lowest BCUT2D eigenvalue weighted by Gasteiger charge is -2.30. The zero-order valence-electron chi connectivity index (χ0n) is 64.2. The zero-order chi connectivity index (χ0) is 84.3. The van der Waals surface area contributed by atoms with Crippen molar-refractivity contribution in [1.29, 1.82) is 5.41 Å². The molecule has 2 aromatic heterocycles. The summed E-state index contributed by atoms with van der Waals surface area (Å²) >= 11 is 1.24. The van der Waals surface area contributed by atoms with Gasteiger partial charge in [-0.05, 0) is 117 Å². The van der Waals surface area contributed by atoms with Crippen LogP contribution in [0.25, 0.3) is 10.9 Å². The van der Waals surface area contributed by atoms with E-state index in [1.165, 1.54) is 53.5 Å². The molecule has 0 spiro atoms. The highest BCUT2D eigenvalue weighted by molar-refractivity contribution is 7.98. The van der Waals surface area contributed by atoms with Gasteiger partial charge in [-0.25, -0.2) is 4.98 Å². The minimum Gasteiger partial charge on any atom is -0.508 e. The topological polar surface area (TPSA) is 640 Å². The number of unbranched alkanes of at least 4 members (excludes halogenated alkanes) is 1. The molecule has 1 fully saturated rings. The number of fused-ring (bicyclic) bond motifs is 1. The maximum Gasteiger partial charge on any atom is 0.303 e. The predicted octanol–water partition coefficient (Wildman–Crippen LogP) is -4.71. The molecule has 626 valence electrons. The van der Waals surface area contributed by atoms with Crippen LogP contribution in [0.5, 0.6) is 5.75 Å². The molecule has 12 unspecified atom stereocenters. The molecule has 39 nitrogen and oxygen atoms in total. The van der Waals surface area contributed by atoms with Crippen molar-refractivity contribution in [3.63, 3.8) is 0 Å². The van der Waals surface area contributed by atoms with Gasteiger partial charge < -0.3 is 122 Å². The Morgan fingerprint density at radius 3 is 1.70 bits per heavy atom. The zero-order valence-corrected chi connectivity index (χ0v) is 65.0. The number of thioether (sulfide) groups is 1. The van der Waals surface area contributed by atoms with E-state index < -0.39 is 200 Å². The summed E-state index contributed by atoms with van der Waals surface area (Å²) in [7, 11) is 0. The van der Waals surface area contributed by atoms with Gasteiger partial charge in [0.05, 0.1) is 31.8 Å². The first-order valence-corrected chi connectivity index (χ1v) is 39.0. The van der Waals surface area contributed by atoms with Crippen LogP contribution in [0.15, 0.2) is 97.6 Å². The number of benzene rings is 3. The fraction of sp³-hybridized carbons (Fsp3) is 0.493. The third-order valence-corrected chi connectivity index (χ3v) is 19.5. The molecule has 5 aromatic rings. The number of phenolic OH excluding ortho intramolecular Hbond substituents is 1. The molecular formula is C75H107N21O18S. The number of aliphatic carboxylic acids is 1. The predicted molar refractivity (Wildman–Crippen MR) is 421 cm³/mol. The van der Waals surface area contributed by atoms with Crippen molar-refractivity contribution >= 4 is 111 Å². The summed E-state index contributed by atoms with van der Waals surface area (Å²) in [6, 6.07) is 3.30. The number of carboxylic acids is 1. The van der Waals surface area contributed by atoms with E-state index in [1.54, 1.807) is 80.9 Å². The van der Waals surface area contributed by atoms with Gasteiger partial charge >= 0.3 is 5.97 Å². The third-order valence-electron chi connectivity index (χ3n) is 18.9. The van der Waals surface area contributed by atoms with Crippen LogP contribution < -0.4 is 86.7 Å². The highest BCUT2D eigenvalue weighted by Gasteiger charge is 2.41. The Bertz CT molecular complexity index is 4120. The monoisotopic (exact) mass is 1620 g/mol. The van der Waals surface area contributed by atoms with Gasteiger partial charge in [0, 0.05) is 68.5 Å². The second kappa shape index (κ2) is 47.1. The second-order valence-corrected chi connectivity index (χ2v) is 29.0. The lowest BCUT2D eigenvalue weighted by atomic mass is 10.0. The molecule has 1 saturated heterocycles. The first kappa shape index (κ1) is 92.1. The first-order chi connectivity index (χ1) is 54.9. The standard InChI is InChI=1S/C75H107N21O18S/c1-41(2)62(63(78)103)95-73(113)59-19-12-29-96(59)74(114)53(17-9-10-27-76)86-60(100)37-84-65(105)56(33-44-35-83-49-16-8-7-15-47(44)49)92-66(106)50(18-11-28-82-75(79)80)87-69(109)55(31-42-13-5-4-6-14-42)91-71(111)57(34-45-36-81-40-85-45)93-67(107)51(24-25-61(101)102)88-68(108)52(26-30-115-3)89-72(112)58(39-98)94-70(110)54(90-64(104)48(77)38-97)32-43-20-22-46(99)23-21-43/h4-8,13-16,20-23,35-36,40-41,48,50-59,62,83,97-99H,9-12,17-19,24-34,37-39,76-77H2,1-3H3,(H2,78,103)(H,81,85)(H,84,105)(H,86,100)(H,87,109)(H,88,108)(H,89,112)(H,90,104)(H,91,111)(H,92,106)(H,93,107)(H,94,110)(H,95,113)(H,101,102)(H4,79,80,82). The SMILES string of the molecule is CSCCC(NC(=O)C(CO)NC(=O)C(Cc1ccc(O)cc1)NC(=O)C(N)CO)C(=O)NC(CCC(=O)O)C(=O)NC(Cc1c[nH]cn1)C(=O)NC(Cc1ccccc1)C(=O)NC(CCCNC(=N)N)C(=O)NC(Cc1c[nH]c2ccccc12)C(=O)NCC(=O)NC(CCCCN)C(=O)N1CCCC1C(=O)NC(C(N)=O)C(C)C. The number of imidazole rings is 1. The van der Waals surface area contributed by atoms with Crippen LogP contribution in [0.3, 0.4) is 0 Å². The highest BCUT2D eigenvalue weighted by Crippen LogP contribution is 2.23. The highest BCUT2D eigenvalue weighted by atomic mass is 32.2. The minimum absolute atomic E-state index is 0.000346. The van der Waals surface area contributed by atoms with Crippen LogP contribution >= 0.6 is 11.8 Å². The third kappa shape index (κ3) is 29.9. The number of nitrogens with two attached hydrogens (primary N) is 4. The molecule has 0 radical (unpaired) electrons. The summed E-state index contributed by atoms with van der Waals surface area (Å²) in [6.07, 6.45) is 4.86. The Hall–Kier alpha value is -11.8. The Morgan fingerprint density at radius 2 is 1.13 bits per heavy atom. The van der Waals surface area contributed by atoms with Gasteiger partial charge in [-0.3, -0.25) is 72.5 Å². The van der Waals surface area contributed by atoms with Crippen LogP contribution in [-0.4, -0.2) is 253 Å². The molecule has 1 aliphatic rings. The molecule has 13 amide bonds. The number of phenols is 1. The number of carbonyl (C=O) groups is 14. The Kier molecular flexibility index (Phi) is 37.7. The number of guanidine groups is 1. The molecule has 6 rings (SSSR count). The van der Waals surface area contributed by atoms with E-state index in [4.69, 9.17) is 28.3 Å². The second-order valence-electron chi connectivity index (χ2n) is 28.0. The molecule has 3 aromatic carbocycles. The number of aliphatic hydroxyl groups is 2. The summed E-state index contributed by atoms with van der Waals surface area (Å²) in [5.74, 6) is -14.0. The Morgan fingerprint density at radius 1 is 0.591 bits per heavy atom. The summed E-state index contributed by atoms with van der Waals surface area (Å²) < 4.78 is 0. The number of aromatic amines is 2. The number of hydrogen-bond donors (Lipinski definition) is 23. The number of primary amides is 1. The van der Waals surface area contributed by atoms with E-state index in [2.05, 4.69) is 78.8 Å². The number of aromatic nitrogens is 3. The number of nitrogens with zero attached hydrogens (tertiary/aromatic N) is 2. The summed E-state index contributed by atoms with van der Waals surface area (Å²) in [4.78, 5) is 208. The van der Waals surface area contributed by atoms with E-state index >= 15 is 14.4 Å². The quantitative estimate of drug-likeness (QED) is 0.00988. The number of aliphatic hydroxyl groups excluding tert-OH is 2. The summed E-state index contributed by atoms with van der Waals surface area (Å²) in [5, 5.41) is 79.1. The maximum atomic E-state index is 15.2. The number of para-hydroxylation sites is 1. The maximum absolute atomic E-state index is 15.2. The van der Waals surface area contributed by atoms with E-state index in [0.717, 1.165) is 0 Å². The number of H-pyrrole nitrogens is 2. The number of likely N-dealkylation sites (tertiary alicyclic amines) is 1. The van der Waals surface area contributed by atoms with Gasteiger partial charge in [-0.1, -0.05) is 74.5 Å². The lowest BCUT2D eigenvalue weighted by Crippen LogP contribution is -2.61. The van der Waals surface area contributed by atoms with Crippen LogP contribution in [0.1, 0.15) is 100 Å². The van der Waals surface area contributed by atoms with Crippen molar-refractivity contribution in [2.45, 2.75) is 176 Å². The smallest absolute Gasteiger partial charge is 0.303 e. The lowest BCUT2D eigenvalue weighted by molar-refractivity contribution is -0.142. The molecule has 0 saturated carbocycles. The van der Waals surface area contributed by atoms with E-state index in [9.17, 15) is 73.2 Å². The van der Waals surface area contributed by atoms with Crippen LogP contribution in [0.2, 0.25) is 0 Å². The molecule has 0 bridgehead atoms. The number of carboxylic acid groups (broad SMARTS) is 1. The van der Waals surface area contributed by atoms with Gasteiger partial charge in [0.2, 0.25) is 76.8 Å². The number of aromatic hydroxyl groups is 1. The average molecular weight is 1620 g/mol. The van der Waals surface area contributed by atoms with Gasteiger partial charge in [0.1, 0.15) is 78.3 Å². The van der Waals surface area contributed by atoms with Crippen molar-refractivity contribution in [3.8, 4) is 5.75 Å². The van der Waals surface area contributed by atoms with E-state index in [0.29, 0.717) is 46.9 Å². The molecule has 115 heavy (non-hydrogen) atoms.